The van der Waals surface area contributed by atoms with E-state index in [-0.39, 0.29) is 49.3 Å². The number of benzene rings is 1. The van der Waals surface area contributed by atoms with Gasteiger partial charge >= 0.3 is 0 Å². The van der Waals surface area contributed by atoms with Crippen molar-refractivity contribution in [3.8, 4) is 11.5 Å². The number of hydrogen-bond acceptors (Lipinski definition) is 6. The molecule has 1 fully saturated rings. The van der Waals surface area contributed by atoms with E-state index in [4.69, 9.17) is 15.2 Å². The molecule has 2 amide bonds. The van der Waals surface area contributed by atoms with Crippen molar-refractivity contribution >= 4 is 21.8 Å². The number of piperazine rings is 1. The van der Waals surface area contributed by atoms with Crippen molar-refractivity contribution in [1.29, 1.82) is 0 Å². The van der Waals surface area contributed by atoms with Gasteiger partial charge in [-0.3, -0.25) is 9.59 Å². The van der Waals surface area contributed by atoms with Crippen LogP contribution in [-0.4, -0.2) is 73.9 Å². The van der Waals surface area contributed by atoms with Gasteiger partial charge in [-0.05, 0) is 30.2 Å². The highest BCUT2D eigenvalue weighted by atomic mass is 32.2. The van der Waals surface area contributed by atoms with Crippen molar-refractivity contribution < 1.29 is 27.5 Å². The van der Waals surface area contributed by atoms with Crippen molar-refractivity contribution in [3.05, 3.63) is 54.4 Å². The summed E-state index contributed by atoms with van der Waals surface area (Å²) in [5.41, 5.74) is 6.39. The van der Waals surface area contributed by atoms with E-state index in [0.29, 0.717) is 17.9 Å². The van der Waals surface area contributed by atoms with Gasteiger partial charge in [-0.25, -0.2) is 8.42 Å². The smallest absolute Gasteiger partial charge is 0.265 e. The Morgan fingerprint density at radius 1 is 1.15 bits per heavy atom. The molecule has 2 aromatic rings. The lowest BCUT2D eigenvalue weighted by atomic mass is 10.1. The summed E-state index contributed by atoms with van der Waals surface area (Å²) in [5, 5.41) is 0. The monoisotopic (exact) mass is 476 g/mol. The second-order valence-electron chi connectivity index (χ2n) is 7.59. The number of nitrogens with two attached hydrogens (primary N) is 1. The van der Waals surface area contributed by atoms with Crippen LogP contribution >= 0.6 is 0 Å². The molecule has 0 spiro atoms. The number of amides is 2. The molecule has 1 aromatic heterocycles. The number of primary amides is 1. The third-order valence-electron chi connectivity index (χ3n) is 5.42. The quantitative estimate of drug-likeness (QED) is 0.533. The minimum absolute atomic E-state index is 0.00564. The van der Waals surface area contributed by atoms with Gasteiger partial charge in [0.05, 0.1) is 7.11 Å². The average molecular weight is 477 g/mol. The maximum absolute atomic E-state index is 12.9. The highest BCUT2D eigenvalue weighted by molar-refractivity contribution is 7.89. The Morgan fingerprint density at radius 2 is 1.85 bits per heavy atom. The molecule has 10 nitrogen and oxygen atoms in total. The van der Waals surface area contributed by atoms with E-state index >= 15 is 0 Å². The van der Waals surface area contributed by atoms with Crippen molar-refractivity contribution in [2.75, 3.05) is 39.9 Å². The third kappa shape index (κ3) is 5.37. The number of allylic oxidation sites excluding steroid dienone is 1. The number of carbonyl (C=O) groups is 2. The highest BCUT2D eigenvalue weighted by Gasteiger charge is 2.31. The number of aryl methyl sites for hydroxylation is 1. The zero-order valence-corrected chi connectivity index (χ0v) is 19.5. The summed E-state index contributed by atoms with van der Waals surface area (Å²) < 4.78 is 39.5. The summed E-state index contributed by atoms with van der Waals surface area (Å²) in [6, 6.07) is 6.71. The predicted octanol–water partition coefficient (Wildman–Crippen LogP) is 0.773. The molecule has 1 saturated heterocycles. The number of ether oxygens (including phenoxy) is 2. The minimum Gasteiger partial charge on any atom is -0.493 e. The molecule has 2 heterocycles. The average Bonchev–Trinajstić information content (AvgIpc) is 3.21. The minimum atomic E-state index is -3.81. The van der Waals surface area contributed by atoms with Crippen LogP contribution in [-0.2, 0) is 28.3 Å². The Balaban J connectivity index is 1.58. The second kappa shape index (κ2) is 10.1. The standard InChI is InChI=1S/C22H28N4O6S/c1-4-5-16-6-7-19(20(12-16)31-3)32-15-21(27)25-8-10-26(11-9-25)33(29,30)17-13-18(22(23)28)24(2)14-17/h4,6-7,12-14H,1,5,8-11,15H2,2-3H3,(H2,23,28). The Morgan fingerprint density at radius 3 is 2.42 bits per heavy atom. The van der Waals surface area contributed by atoms with E-state index in [1.807, 2.05) is 12.1 Å². The molecule has 0 atom stereocenters. The van der Waals surface area contributed by atoms with Crippen LogP contribution in [0.1, 0.15) is 16.1 Å². The molecular weight excluding hydrogens is 448 g/mol. The van der Waals surface area contributed by atoms with Crippen molar-refractivity contribution in [2.24, 2.45) is 12.8 Å². The number of nitrogens with zero attached hydrogens (tertiary/aromatic N) is 3. The lowest BCUT2D eigenvalue weighted by Crippen LogP contribution is -2.51. The van der Waals surface area contributed by atoms with Crippen molar-refractivity contribution in [3.63, 3.8) is 0 Å². The first-order valence-electron chi connectivity index (χ1n) is 10.3. The Labute approximate surface area is 193 Å². The molecule has 1 aromatic carbocycles. The van der Waals surface area contributed by atoms with E-state index in [1.54, 1.807) is 24.1 Å². The number of sulfonamides is 1. The lowest BCUT2D eigenvalue weighted by molar-refractivity contribution is -0.134. The second-order valence-corrected chi connectivity index (χ2v) is 9.53. The first-order valence-corrected chi connectivity index (χ1v) is 11.8. The molecule has 11 heteroatoms. The fraction of sp³-hybridized carbons (Fsp3) is 0.364. The Kier molecular flexibility index (Phi) is 7.44. The molecule has 33 heavy (non-hydrogen) atoms. The van der Waals surface area contributed by atoms with E-state index in [9.17, 15) is 18.0 Å². The fourth-order valence-corrected chi connectivity index (χ4v) is 5.10. The summed E-state index contributed by atoms with van der Waals surface area (Å²) in [6.45, 7) is 4.25. The number of carbonyl (C=O) groups excluding carboxylic acids is 2. The van der Waals surface area contributed by atoms with Gasteiger partial charge in [0.1, 0.15) is 10.6 Å². The number of aromatic nitrogens is 1. The molecule has 3 rings (SSSR count). The summed E-state index contributed by atoms with van der Waals surface area (Å²) >= 11 is 0. The number of methoxy groups -OCH3 is 1. The van der Waals surface area contributed by atoms with Crippen molar-refractivity contribution in [2.45, 2.75) is 11.3 Å². The van der Waals surface area contributed by atoms with Gasteiger partial charge < -0.3 is 24.7 Å². The van der Waals surface area contributed by atoms with Crippen molar-refractivity contribution in [1.82, 2.24) is 13.8 Å². The molecule has 0 unspecified atom stereocenters. The summed E-state index contributed by atoms with van der Waals surface area (Å²) in [4.78, 5) is 25.6. The summed E-state index contributed by atoms with van der Waals surface area (Å²) in [5.74, 6) is 0.0202. The number of hydrogen-bond donors (Lipinski definition) is 1. The van der Waals surface area contributed by atoms with Gasteiger partial charge in [0, 0.05) is 39.4 Å². The zero-order chi connectivity index (χ0) is 24.2. The maximum atomic E-state index is 12.9. The first-order chi connectivity index (χ1) is 15.7. The van der Waals surface area contributed by atoms with Crippen LogP contribution in [0.3, 0.4) is 0 Å². The van der Waals surface area contributed by atoms with Gasteiger partial charge in [-0.2, -0.15) is 4.31 Å². The zero-order valence-electron chi connectivity index (χ0n) is 18.7. The van der Waals surface area contributed by atoms with Gasteiger partial charge in [0.15, 0.2) is 18.1 Å². The van der Waals surface area contributed by atoms with E-state index in [0.717, 1.165) is 5.56 Å². The van der Waals surface area contributed by atoms with Crippen LogP contribution in [0.15, 0.2) is 48.0 Å². The fourth-order valence-electron chi connectivity index (χ4n) is 3.60. The van der Waals surface area contributed by atoms with Gasteiger partial charge in [-0.15, -0.1) is 6.58 Å². The van der Waals surface area contributed by atoms with Crippen LogP contribution in [0.25, 0.3) is 0 Å². The van der Waals surface area contributed by atoms with Crippen LogP contribution in [0.2, 0.25) is 0 Å². The SMILES string of the molecule is C=CCc1ccc(OCC(=O)N2CCN(S(=O)(=O)c3cc(C(N)=O)n(C)c3)CC2)c(OC)c1. The Hall–Kier alpha value is -3.31. The topological polar surface area (TPSA) is 124 Å². The molecule has 0 saturated carbocycles. The normalized spacial score (nSPS) is 14.7. The molecule has 2 N–H and O–H groups in total. The molecule has 1 aliphatic rings. The first kappa shape index (κ1) is 24.3. The maximum Gasteiger partial charge on any atom is 0.265 e. The predicted molar refractivity (Wildman–Crippen MR) is 122 cm³/mol. The van der Waals surface area contributed by atoms with E-state index in [1.165, 1.54) is 28.2 Å². The summed E-state index contributed by atoms with van der Waals surface area (Å²) in [7, 11) is -0.726. The molecule has 1 aliphatic heterocycles. The molecule has 178 valence electrons. The molecule has 0 aliphatic carbocycles. The van der Waals surface area contributed by atoms with Gasteiger partial charge in [0.2, 0.25) is 10.0 Å². The molecule has 0 radical (unpaired) electrons. The molecular formula is C22H28N4O6S. The number of rotatable bonds is 9. The Bertz CT molecular complexity index is 1150. The van der Waals surface area contributed by atoms with Crippen LogP contribution in [0.4, 0.5) is 0 Å². The summed E-state index contributed by atoms with van der Waals surface area (Å²) in [6.07, 6.45) is 3.83. The van der Waals surface area contributed by atoms with Crippen LogP contribution in [0.5, 0.6) is 11.5 Å². The largest absolute Gasteiger partial charge is 0.493 e. The van der Waals surface area contributed by atoms with E-state index in [2.05, 4.69) is 6.58 Å². The van der Waals surface area contributed by atoms with Crippen LogP contribution < -0.4 is 15.2 Å². The van der Waals surface area contributed by atoms with E-state index < -0.39 is 15.9 Å². The van der Waals surface area contributed by atoms with Gasteiger partial charge in [-0.1, -0.05) is 12.1 Å². The third-order valence-corrected chi connectivity index (χ3v) is 7.28. The molecule has 0 bridgehead atoms. The van der Waals surface area contributed by atoms with Gasteiger partial charge in [0.25, 0.3) is 11.8 Å². The highest BCUT2D eigenvalue weighted by Crippen LogP contribution is 2.28. The van der Waals surface area contributed by atoms with Crippen LogP contribution in [0, 0.1) is 0 Å². The lowest BCUT2D eigenvalue weighted by Gasteiger charge is -2.33.